The minimum Gasteiger partial charge on any atom is -0.299 e. The van der Waals surface area contributed by atoms with Gasteiger partial charge in [-0.2, -0.15) is 0 Å². The number of ketones is 1. The van der Waals surface area contributed by atoms with Crippen molar-refractivity contribution < 1.29 is 9.59 Å². The first-order valence-corrected chi connectivity index (χ1v) is 8.11. The minimum absolute atomic E-state index is 0.0503. The lowest BCUT2D eigenvalue weighted by molar-refractivity contribution is -0.134. The Kier molecular flexibility index (Phi) is 7.30. The molecule has 1 heterocycles. The summed E-state index contributed by atoms with van der Waals surface area (Å²) in [4.78, 5) is 23.5. The van der Waals surface area contributed by atoms with Crippen LogP contribution in [-0.2, 0) is 9.59 Å². The Morgan fingerprint density at radius 1 is 1.24 bits per heavy atom. The fourth-order valence-corrected chi connectivity index (χ4v) is 2.63. The van der Waals surface area contributed by atoms with Crippen molar-refractivity contribution >= 4 is 43.6 Å². The molecule has 4 nitrogen and oxygen atoms in total. The molecule has 1 rings (SSSR count). The van der Waals surface area contributed by atoms with Gasteiger partial charge in [0, 0.05) is 42.5 Å². The van der Waals surface area contributed by atoms with Crippen molar-refractivity contribution in [1.82, 2.24) is 10.4 Å². The zero-order valence-corrected chi connectivity index (χ0v) is 12.9. The highest BCUT2D eigenvalue weighted by atomic mass is 79.9. The van der Waals surface area contributed by atoms with Gasteiger partial charge in [0.05, 0.1) is 0 Å². The number of nitrogens with one attached hydrogen (secondary N) is 1. The molecular weight excluding hydrogens is 352 g/mol. The maximum atomic E-state index is 11.8. The number of alkyl halides is 2. The molecule has 17 heavy (non-hydrogen) atoms. The predicted octanol–water partition coefficient (Wildman–Crippen LogP) is 1.87. The average molecular weight is 370 g/mol. The summed E-state index contributed by atoms with van der Waals surface area (Å²) in [6.45, 7) is 1.28. The Balaban J connectivity index is 2.44. The number of rotatable bonds is 5. The Bertz CT molecular complexity index is 248. The summed E-state index contributed by atoms with van der Waals surface area (Å²) in [7, 11) is 0. The SMILES string of the molecule is O=C(CCBr)C1CCCN(C(=O)CCBr)NC1. The van der Waals surface area contributed by atoms with Crippen molar-refractivity contribution in [2.45, 2.75) is 25.7 Å². The Morgan fingerprint density at radius 3 is 2.59 bits per heavy atom. The minimum atomic E-state index is 0.0503. The summed E-state index contributed by atoms with van der Waals surface area (Å²) in [5.41, 5.74) is 3.08. The van der Waals surface area contributed by atoms with Crippen LogP contribution in [-0.4, -0.2) is 40.4 Å². The number of amides is 1. The van der Waals surface area contributed by atoms with Crippen molar-refractivity contribution in [2.75, 3.05) is 23.7 Å². The van der Waals surface area contributed by atoms with Gasteiger partial charge in [0.25, 0.3) is 0 Å². The molecule has 1 aliphatic rings. The van der Waals surface area contributed by atoms with Gasteiger partial charge < -0.3 is 0 Å². The normalized spacial score (nSPS) is 21.1. The second-order valence-corrected chi connectivity index (χ2v) is 5.68. The molecule has 0 bridgehead atoms. The first-order chi connectivity index (χ1) is 8.19. The molecule has 1 aliphatic heterocycles. The quantitative estimate of drug-likeness (QED) is 0.752. The molecule has 1 amide bonds. The fraction of sp³-hybridized carbons (Fsp3) is 0.818. The number of nitrogens with zero attached hydrogens (tertiary/aromatic N) is 1. The topological polar surface area (TPSA) is 49.4 Å². The second-order valence-electron chi connectivity index (χ2n) is 4.09. The lowest BCUT2D eigenvalue weighted by atomic mass is 9.97. The standard InChI is InChI=1S/C11H18Br2N2O2/c12-5-3-10(16)9-2-1-7-15(14-8-9)11(17)4-6-13/h9,14H,1-8H2. The van der Waals surface area contributed by atoms with E-state index in [1.807, 2.05) is 0 Å². The van der Waals surface area contributed by atoms with E-state index in [0.717, 1.165) is 12.8 Å². The van der Waals surface area contributed by atoms with Gasteiger partial charge in [-0.05, 0) is 12.8 Å². The maximum absolute atomic E-state index is 11.8. The van der Waals surface area contributed by atoms with Crippen LogP contribution in [0.1, 0.15) is 25.7 Å². The molecule has 1 unspecified atom stereocenters. The third kappa shape index (κ3) is 5.06. The van der Waals surface area contributed by atoms with Crippen LogP contribution in [0.25, 0.3) is 0 Å². The maximum Gasteiger partial charge on any atom is 0.237 e. The van der Waals surface area contributed by atoms with Crippen LogP contribution in [0.15, 0.2) is 0 Å². The van der Waals surface area contributed by atoms with Crippen molar-refractivity contribution in [3.63, 3.8) is 0 Å². The number of hydrazine groups is 1. The molecule has 98 valence electrons. The molecule has 0 aromatic heterocycles. The Hall–Kier alpha value is 0.0600. The van der Waals surface area contributed by atoms with Crippen LogP contribution in [0.2, 0.25) is 0 Å². The lowest BCUT2D eigenvalue weighted by Gasteiger charge is -2.21. The molecule has 1 N–H and O–H groups in total. The number of hydrogen-bond acceptors (Lipinski definition) is 3. The largest absolute Gasteiger partial charge is 0.299 e. The summed E-state index contributed by atoms with van der Waals surface area (Å²) < 4.78 is 0. The van der Waals surface area contributed by atoms with Crippen LogP contribution < -0.4 is 5.43 Å². The van der Waals surface area contributed by atoms with Gasteiger partial charge in [0.2, 0.25) is 5.91 Å². The van der Waals surface area contributed by atoms with Gasteiger partial charge in [-0.25, -0.2) is 5.43 Å². The predicted molar refractivity (Wildman–Crippen MR) is 74.3 cm³/mol. The van der Waals surface area contributed by atoms with E-state index in [1.165, 1.54) is 0 Å². The van der Waals surface area contributed by atoms with Crippen LogP contribution in [0, 0.1) is 5.92 Å². The molecule has 0 saturated carbocycles. The highest BCUT2D eigenvalue weighted by Crippen LogP contribution is 2.14. The first kappa shape index (κ1) is 15.1. The Morgan fingerprint density at radius 2 is 1.94 bits per heavy atom. The van der Waals surface area contributed by atoms with E-state index >= 15 is 0 Å². The molecule has 0 aliphatic carbocycles. The van der Waals surface area contributed by atoms with Gasteiger partial charge in [0.15, 0.2) is 0 Å². The molecule has 1 saturated heterocycles. The highest BCUT2D eigenvalue weighted by Gasteiger charge is 2.23. The third-order valence-electron chi connectivity index (χ3n) is 2.87. The van der Waals surface area contributed by atoms with E-state index in [9.17, 15) is 9.59 Å². The van der Waals surface area contributed by atoms with E-state index in [0.29, 0.717) is 36.6 Å². The lowest BCUT2D eigenvalue weighted by Crippen LogP contribution is -2.44. The van der Waals surface area contributed by atoms with Crippen molar-refractivity contribution in [3.8, 4) is 0 Å². The summed E-state index contributed by atoms with van der Waals surface area (Å²) >= 11 is 6.54. The molecule has 6 heteroatoms. The molecule has 1 fully saturated rings. The fourth-order valence-electron chi connectivity index (χ4n) is 1.90. The molecule has 0 spiro atoms. The molecule has 0 aromatic carbocycles. The summed E-state index contributed by atoms with van der Waals surface area (Å²) in [5, 5.41) is 3.05. The number of carbonyl (C=O) groups excluding carboxylic acids is 2. The smallest absolute Gasteiger partial charge is 0.237 e. The van der Waals surface area contributed by atoms with E-state index in [1.54, 1.807) is 5.01 Å². The number of hydrogen-bond donors (Lipinski definition) is 1. The second kappa shape index (κ2) is 8.21. The third-order valence-corrected chi connectivity index (χ3v) is 3.66. The van der Waals surface area contributed by atoms with Crippen LogP contribution in [0.4, 0.5) is 0 Å². The van der Waals surface area contributed by atoms with Gasteiger partial charge in [-0.15, -0.1) is 0 Å². The van der Waals surface area contributed by atoms with E-state index in [4.69, 9.17) is 0 Å². The molecule has 1 atom stereocenters. The van der Waals surface area contributed by atoms with Crippen LogP contribution in [0.5, 0.6) is 0 Å². The van der Waals surface area contributed by atoms with E-state index in [2.05, 4.69) is 37.3 Å². The molecule has 0 radical (unpaired) electrons. The van der Waals surface area contributed by atoms with E-state index in [-0.39, 0.29) is 17.6 Å². The summed E-state index contributed by atoms with van der Waals surface area (Å²) in [6, 6.07) is 0. The number of Topliss-reactive ketones (excluding diaryl/α,β-unsaturated/α-hetero) is 1. The summed E-state index contributed by atoms with van der Waals surface area (Å²) in [5.74, 6) is 0.425. The highest BCUT2D eigenvalue weighted by molar-refractivity contribution is 9.09. The van der Waals surface area contributed by atoms with Crippen molar-refractivity contribution in [3.05, 3.63) is 0 Å². The van der Waals surface area contributed by atoms with Crippen molar-refractivity contribution in [2.24, 2.45) is 5.92 Å². The van der Waals surface area contributed by atoms with Gasteiger partial charge >= 0.3 is 0 Å². The van der Waals surface area contributed by atoms with Gasteiger partial charge in [0.1, 0.15) is 5.78 Å². The zero-order valence-electron chi connectivity index (χ0n) is 9.75. The Labute approximate surface area is 119 Å². The van der Waals surface area contributed by atoms with Gasteiger partial charge in [-0.3, -0.25) is 14.6 Å². The molecule has 0 aromatic rings. The van der Waals surface area contributed by atoms with Gasteiger partial charge in [-0.1, -0.05) is 31.9 Å². The summed E-state index contributed by atoms with van der Waals surface area (Å²) in [6.07, 6.45) is 2.82. The zero-order chi connectivity index (χ0) is 12.7. The molecular formula is C11H18Br2N2O2. The monoisotopic (exact) mass is 368 g/mol. The van der Waals surface area contributed by atoms with Crippen LogP contribution in [0.3, 0.4) is 0 Å². The number of carbonyl (C=O) groups is 2. The van der Waals surface area contributed by atoms with Crippen LogP contribution >= 0.6 is 31.9 Å². The average Bonchev–Trinajstić information content (AvgIpc) is 2.55. The van der Waals surface area contributed by atoms with Crippen molar-refractivity contribution in [1.29, 1.82) is 0 Å². The van der Waals surface area contributed by atoms with E-state index < -0.39 is 0 Å². The first-order valence-electron chi connectivity index (χ1n) is 5.87. The number of halogens is 2.